The number of aryl methyl sites for hydroxylation is 1. The number of nitrogens with zero attached hydrogens (tertiary/aromatic N) is 3. The summed E-state index contributed by atoms with van der Waals surface area (Å²) in [6, 6.07) is -1.43. The summed E-state index contributed by atoms with van der Waals surface area (Å²) in [6.07, 6.45) is 2.98. The van der Waals surface area contributed by atoms with Crippen LogP contribution in [0.25, 0.3) is 0 Å². The highest BCUT2D eigenvalue weighted by molar-refractivity contribution is 5.82. The quantitative estimate of drug-likeness (QED) is 0.531. The number of aliphatic carboxylic acids is 1. The van der Waals surface area contributed by atoms with Crippen molar-refractivity contribution >= 4 is 12.0 Å². The summed E-state index contributed by atoms with van der Waals surface area (Å²) >= 11 is 0. The number of ether oxygens (including phenoxy) is 1. The minimum Gasteiger partial charge on any atom is -0.480 e. The van der Waals surface area contributed by atoms with Gasteiger partial charge in [-0.05, 0) is 12.8 Å². The van der Waals surface area contributed by atoms with Gasteiger partial charge < -0.3 is 25.0 Å². The molecule has 1 aromatic heterocycles. The molecule has 9 nitrogen and oxygen atoms in total. The maximum atomic E-state index is 11.6. The van der Waals surface area contributed by atoms with E-state index in [4.69, 9.17) is 9.84 Å². The second-order valence-corrected chi connectivity index (χ2v) is 4.53. The molecule has 0 bridgehead atoms. The van der Waals surface area contributed by atoms with Gasteiger partial charge in [0, 0.05) is 33.7 Å². The van der Waals surface area contributed by atoms with Crippen molar-refractivity contribution in [2.75, 3.05) is 20.3 Å². The number of hydrogen-bond acceptors (Lipinski definition) is 5. The molecular weight excluding hydrogens is 278 g/mol. The molecule has 1 atom stereocenters. The molecule has 3 N–H and O–H groups in total. The predicted molar refractivity (Wildman–Crippen MR) is 73.8 cm³/mol. The molecule has 1 heterocycles. The fraction of sp³-hybridized carbons (Fsp3) is 0.667. The number of carboxylic acids is 1. The summed E-state index contributed by atoms with van der Waals surface area (Å²) in [7, 11) is 3.36. The smallest absolute Gasteiger partial charge is 0.326 e. The third kappa shape index (κ3) is 6.21. The van der Waals surface area contributed by atoms with Crippen molar-refractivity contribution in [3.05, 3.63) is 12.2 Å². The first-order chi connectivity index (χ1) is 10.0. The Morgan fingerprint density at radius 2 is 2.29 bits per heavy atom. The van der Waals surface area contributed by atoms with E-state index in [-0.39, 0.29) is 0 Å². The van der Waals surface area contributed by atoms with Crippen LogP contribution in [0.15, 0.2) is 6.33 Å². The molecule has 118 valence electrons. The summed E-state index contributed by atoms with van der Waals surface area (Å²) in [5.74, 6) is -0.320. The van der Waals surface area contributed by atoms with E-state index in [1.54, 1.807) is 18.0 Å². The molecule has 0 aromatic carbocycles. The maximum Gasteiger partial charge on any atom is 0.326 e. The first kappa shape index (κ1) is 16.9. The van der Waals surface area contributed by atoms with Gasteiger partial charge in [0.15, 0.2) is 0 Å². The standard InChI is InChI=1S/C12H21N5O4/c1-17-8-14-16-10(17)5-6-13-12(20)15-9(11(18)19)4-3-7-21-2/h8-9H,3-7H2,1-2H3,(H,18,19)(H2,13,15,20). The molecule has 0 aliphatic rings. The van der Waals surface area contributed by atoms with Crippen molar-refractivity contribution in [2.45, 2.75) is 25.3 Å². The van der Waals surface area contributed by atoms with Crippen LogP contribution < -0.4 is 10.6 Å². The van der Waals surface area contributed by atoms with E-state index in [1.165, 1.54) is 0 Å². The molecule has 0 aliphatic heterocycles. The number of nitrogens with one attached hydrogen (secondary N) is 2. The largest absolute Gasteiger partial charge is 0.480 e. The van der Waals surface area contributed by atoms with Crippen LogP contribution in [0, 0.1) is 0 Å². The number of amides is 2. The number of hydrogen-bond donors (Lipinski definition) is 3. The first-order valence-corrected chi connectivity index (χ1v) is 6.63. The van der Waals surface area contributed by atoms with E-state index >= 15 is 0 Å². The molecule has 9 heteroatoms. The molecule has 2 amide bonds. The summed E-state index contributed by atoms with van der Waals surface area (Å²) in [4.78, 5) is 22.7. The minimum absolute atomic E-state index is 0.319. The predicted octanol–water partition coefficient (Wildman–Crippen LogP) is -0.463. The molecular formula is C12H21N5O4. The molecule has 1 aromatic rings. The Balaban J connectivity index is 2.29. The molecule has 1 rings (SSSR count). The summed E-state index contributed by atoms with van der Waals surface area (Å²) < 4.78 is 6.61. The van der Waals surface area contributed by atoms with Crippen LogP contribution in [0.4, 0.5) is 4.79 Å². The van der Waals surface area contributed by atoms with Gasteiger partial charge in [0.2, 0.25) is 0 Å². The number of rotatable bonds is 9. The monoisotopic (exact) mass is 299 g/mol. The van der Waals surface area contributed by atoms with Crippen LogP contribution in [0.2, 0.25) is 0 Å². The van der Waals surface area contributed by atoms with Crippen molar-refractivity contribution in [1.82, 2.24) is 25.4 Å². The Labute approximate surface area is 122 Å². The van der Waals surface area contributed by atoms with Gasteiger partial charge >= 0.3 is 12.0 Å². The lowest BCUT2D eigenvalue weighted by molar-refractivity contribution is -0.139. The Kier molecular flexibility index (Phi) is 7.16. The molecule has 0 saturated heterocycles. The zero-order chi connectivity index (χ0) is 15.7. The van der Waals surface area contributed by atoms with Crippen LogP contribution >= 0.6 is 0 Å². The zero-order valence-electron chi connectivity index (χ0n) is 12.2. The number of aromatic nitrogens is 3. The number of carbonyl (C=O) groups excluding carboxylic acids is 1. The van der Waals surface area contributed by atoms with E-state index in [0.717, 1.165) is 5.82 Å². The van der Waals surface area contributed by atoms with E-state index < -0.39 is 18.0 Å². The van der Waals surface area contributed by atoms with Gasteiger partial charge in [0.05, 0.1) is 0 Å². The Hall–Kier alpha value is -2.16. The number of carbonyl (C=O) groups is 2. The third-order valence-corrected chi connectivity index (χ3v) is 2.88. The lowest BCUT2D eigenvalue weighted by atomic mass is 10.1. The van der Waals surface area contributed by atoms with Gasteiger partial charge in [-0.15, -0.1) is 10.2 Å². The first-order valence-electron chi connectivity index (χ1n) is 6.63. The Morgan fingerprint density at radius 1 is 1.52 bits per heavy atom. The molecule has 21 heavy (non-hydrogen) atoms. The van der Waals surface area contributed by atoms with Crippen LogP contribution in [-0.4, -0.2) is 58.2 Å². The van der Waals surface area contributed by atoms with Crippen LogP contribution in [-0.2, 0) is 23.0 Å². The summed E-state index contributed by atoms with van der Waals surface area (Å²) in [5, 5.41) is 21.7. The summed E-state index contributed by atoms with van der Waals surface area (Å²) in [5.41, 5.74) is 0. The van der Waals surface area contributed by atoms with E-state index in [0.29, 0.717) is 32.4 Å². The highest BCUT2D eigenvalue weighted by Gasteiger charge is 2.19. The minimum atomic E-state index is -1.06. The molecule has 0 aliphatic carbocycles. The highest BCUT2D eigenvalue weighted by Crippen LogP contribution is 1.98. The third-order valence-electron chi connectivity index (χ3n) is 2.88. The molecule has 1 unspecified atom stereocenters. The van der Waals surface area contributed by atoms with Crippen LogP contribution in [0.5, 0.6) is 0 Å². The second kappa shape index (κ2) is 8.90. The number of carboxylic acid groups (broad SMARTS) is 1. The number of methoxy groups -OCH3 is 1. The fourth-order valence-electron chi connectivity index (χ4n) is 1.72. The lowest BCUT2D eigenvalue weighted by Crippen LogP contribution is -2.46. The normalized spacial score (nSPS) is 11.9. The van der Waals surface area contributed by atoms with Crippen molar-refractivity contribution in [3.8, 4) is 0 Å². The van der Waals surface area contributed by atoms with Gasteiger partial charge in [0.1, 0.15) is 18.2 Å². The number of urea groups is 1. The topological polar surface area (TPSA) is 118 Å². The van der Waals surface area contributed by atoms with Crippen LogP contribution in [0.3, 0.4) is 0 Å². The van der Waals surface area contributed by atoms with Crippen molar-refractivity contribution in [3.63, 3.8) is 0 Å². The SMILES string of the molecule is COCCCC(NC(=O)NCCc1nncn1C)C(=O)O. The Morgan fingerprint density at radius 3 is 2.86 bits per heavy atom. The highest BCUT2D eigenvalue weighted by atomic mass is 16.5. The van der Waals surface area contributed by atoms with Crippen molar-refractivity contribution in [1.29, 1.82) is 0 Å². The van der Waals surface area contributed by atoms with Crippen molar-refractivity contribution < 1.29 is 19.4 Å². The molecule has 0 radical (unpaired) electrons. The van der Waals surface area contributed by atoms with E-state index in [1.807, 2.05) is 7.05 Å². The van der Waals surface area contributed by atoms with Gasteiger partial charge in [-0.1, -0.05) is 0 Å². The lowest BCUT2D eigenvalue weighted by Gasteiger charge is -2.14. The van der Waals surface area contributed by atoms with Crippen molar-refractivity contribution in [2.24, 2.45) is 7.05 Å². The maximum absolute atomic E-state index is 11.6. The summed E-state index contributed by atoms with van der Waals surface area (Å²) in [6.45, 7) is 0.808. The van der Waals surface area contributed by atoms with Gasteiger partial charge in [-0.2, -0.15) is 0 Å². The van der Waals surface area contributed by atoms with Gasteiger partial charge in [0.25, 0.3) is 0 Å². The van der Waals surface area contributed by atoms with Crippen LogP contribution in [0.1, 0.15) is 18.7 Å². The van der Waals surface area contributed by atoms with Gasteiger partial charge in [-0.3, -0.25) is 0 Å². The van der Waals surface area contributed by atoms with E-state index in [2.05, 4.69) is 20.8 Å². The average Bonchev–Trinajstić information content (AvgIpc) is 2.83. The van der Waals surface area contributed by atoms with E-state index in [9.17, 15) is 9.59 Å². The average molecular weight is 299 g/mol. The Bertz CT molecular complexity index is 462. The zero-order valence-corrected chi connectivity index (χ0v) is 12.2. The second-order valence-electron chi connectivity index (χ2n) is 4.53. The molecule has 0 saturated carbocycles. The molecule has 0 fully saturated rings. The van der Waals surface area contributed by atoms with Gasteiger partial charge in [-0.25, -0.2) is 9.59 Å². The molecule has 0 spiro atoms. The fourth-order valence-corrected chi connectivity index (χ4v) is 1.72.